The Balaban J connectivity index is 1.88. The van der Waals surface area contributed by atoms with Crippen molar-refractivity contribution in [3.63, 3.8) is 0 Å². The van der Waals surface area contributed by atoms with Crippen molar-refractivity contribution in [2.75, 3.05) is 6.54 Å². The molecule has 0 radical (unpaired) electrons. The van der Waals surface area contributed by atoms with Gasteiger partial charge < -0.3 is 15.7 Å². The van der Waals surface area contributed by atoms with Gasteiger partial charge in [-0.3, -0.25) is 9.59 Å². The number of carboxylic acid groups (broad SMARTS) is 1. The number of rotatable bonds is 7. The number of amides is 2. The Labute approximate surface area is 143 Å². The SMILES string of the molecule is O=C(CNC(=O)c1ccccc1)N[C@H](Cc1ccc(F)cc1)C(=O)O. The summed E-state index contributed by atoms with van der Waals surface area (Å²) in [6.45, 7) is -0.346. The monoisotopic (exact) mass is 344 g/mol. The van der Waals surface area contributed by atoms with E-state index in [9.17, 15) is 23.9 Å². The summed E-state index contributed by atoms with van der Waals surface area (Å²) in [5.41, 5.74) is 0.971. The lowest BCUT2D eigenvalue weighted by Gasteiger charge is -2.15. The molecule has 3 N–H and O–H groups in total. The van der Waals surface area contributed by atoms with Gasteiger partial charge in [0.2, 0.25) is 5.91 Å². The number of carboxylic acids is 1. The van der Waals surface area contributed by atoms with Crippen LogP contribution in [-0.4, -0.2) is 35.5 Å². The molecule has 1 atom stereocenters. The first-order valence-corrected chi connectivity index (χ1v) is 7.55. The summed E-state index contributed by atoms with van der Waals surface area (Å²) in [5, 5.41) is 14.0. The van der Waals surface area contributed by atoms with E-state index in [0.717, 1.165) is 0 Å². The standard InChI is InChI=1S/C18H17FN2O4/c19-14-8-6-12(7-9-14)10-15(18(24)25)21-16(22)11-20-17(23)13-4-2-1-3-5-13/h1-9,15H,10-11H2,(H,20,23)(H,21,22)(H,24,25)/t15-/m1/s1. The van der Waals surface area contributed by atoms with Crippen LogP contribution in [0.1, 0.15) is 15.9 Å². The second-order valence-electron chi connectivity index (χ2n) is 5.34. The zero-order valence-electron chi connectivity index (χ0n) is 13.2. The van der Waals surface area contributed by atoms with Gasteiger partial charge in [-0.1, -0.05) is 30.3 Å². The molecule has 0 saturated heterocycles. The fourth-order valence-electron chi connectivity index (χ4n) is 2.15. The minimum absolute atomic E-state index is 0.00792. The fourth-order valence-corrected chi connectivity index (χ4v) is 2.15. The first kappa shape index (κ1) is 18.1. The van der Waals surface area contributed by atoms with E-state index < -0.39 is 29.6 Å². The van der Waals surface area contributed by atoms with Crippen molar-refractivity contribution in [2.24, 2.45) is 0 Å². The molecule has 0 aromatic heterocycles. The Morgan fingerprint density at radius 3 is 2.24 bits per heavy atom. The number of carbonyl (C=O) groups excluding carboxylic acids is 2. The molecule has 0 aliphatic carbocycles. The van der Waals surface area contributed by atoms with Crippen molar-refractivity contribution in [1.29, 1.82) is 0 Å². The van der Waals surface area contributed by atoms with Crippen LogP contribution in [0.3, 0.4) is 0 Å². The molecule has 0 aliphatic rings. The predicted octanol–water partition coefficient (Wildman–Crippen LogP) is 1.37. The largest absolute Gasteiger partial charge is 0.480 e. The van der Waals surface area contributed by atoms with Crippen molar-refractivity contribution in [1.82, 2.24) is 10.6 Å². The van der Waals surface area contributed by atoms with E-state index >= 15 is 0 Å². The van der Waals surface area contributed by atoms with Gasteiger partial charge in [0.25, 0.3) is 5.91 Å². The van der Waals surface area contributed by atoms with Crippen LogP contribution in [-0.2, 0) is 16.0 Å². The molecule has 0 aliphatic heterocycles. The Bertz CT molecular complexity index is 747. The molecule has 0 saturated carbocycles. The molecule has 2 aromatic rings. The molecule has 0 spiro atoms. The molecule has 0 bridgehead atoms. The second-order valence-corrected chi connectivity index (χ2v) is 5.34. The van der Waals surface area contributed by atoms with Gasteiger partial charge in [0.15, 0.2) is 0 Å². The van der Waals surface area contributed by atoms with E-state index in [1.54, 1.807) is 30.3 Å². The number of aliphatic carboxylic acids is 1. The molecule has 0 fully saturated rings. The van der Waals surface area contributed by atoms with Crippen molar-refractivity contribution < 1.29 is 23.9 Å². The lowest BCUT2D eigenvalue weighted by atomic mass is 10.1. The van der Waals surface area contributed by atoms with E-state index in [1.807, 2.05) is 0 Å². The molecule has 25 heavy (non-hydrogen) atoms. The summed E-state index contributed by atoms with van der Waals surface area (Å²) in [6, 6.07) is 12.5. The van der Waals surface area contributed by atoms with Crippen LogP contribution in [0.15, 0.2) is 54.6 Å². The average Bonchev–Trinajstić information content (AvgIpc) is 2.61. The van der Waals surface area contributed by atoms with Gasteiger partial charge in [-0.05, 0) is 29.8 Å². The van der Waals surface area contributed by atoms with Crippen LogP contribution < -0.4 is 10.6 Å². The average molecular weight is 344 g/mol. The van der Waals surface area contributed by atoms with E-state index in [2.05, 4.69) is 10.6 Å². The highest BCUT2D eigenvalue weighted by atomic mass is 19.1. The zero-order chi connectivity index (χ0) is 18.2. The van der Waals surface area contributed by atoms with Gasteiger partial charge in [0, 0.05) is 12.0 Å². The summed E-state index contributed by atoms with van der Waals surface area (Å²) in [7, 11) is 0. The number of hydrogen-bond donors (Lipinski definition) is 3. The number of hydrogen-bond acceptors (Lipinski definition) is 3. The minimum Gasteiger partial charge on any atom is -0.480 e. The van der Waals surface area contributed by atoms with E-state index in [-0.39, 0.29) is 13.0 Å². The molecule has 7 heteroatoms. The molecular weight excluding hydrogens is 327 g/mol. The smallest absolute Gasteiger partial charge is 0.326 e. The van der Waals surface area contributed by atoms with Crippen LogP contribution >= 0.6 is 0 Å². The Morgan fingerprint density at radius 2 is 1.64 bits per heavy atom. The number of halogens is 1. The van der Waals surface area contributed by atoms with Crippen LogP contribution in [0.25, 0.3) is 0 Å². The predicted molar refractivity (Wildman–Crippen MR) is 88.4 cm³/mol. The highest BCUT2D eigenvalue weighted by Crippen LogP contribution is 2.06. The molecule has 2 aromatic carbocycles. The highest BCUT2D eigenvalue weighted by Gasteiger charge is 2.20. The summed E-state index contributed by atoms with van der Waals surface area (Å²) in [5.74, 6) is -2.70. The van der Waals surface area contributed by atoms with Gasteiger partial charge >= 0.3 is 5.97 Å². The van der Waals surface area contributed by atoms with Crippen molar-refractivity contribution in [2.45, 2.75) is 12.5 Å². The van der Waals surface area contributed by atoms with Gasteiger partial charge in [0.05, 0.1) is 6.54 Å². The molecule has 6 nitrogen and oxygen atoms in total. The van der Waals surface area contributed by atoms with Gasteiger partial charge in [-0.2, -0.15) is 0 Å². The molecule has 0 heterocycles. The lowest BCUT2D eigenvalue weighted by Crippen LogP contribution is -2.46. The molecule has 2 rings (SSSR count). The number of benzene rings is 2. The molecule has 2 amide bonds. The molecule has 0 unspecified atom stereocenters. The van der Waals surface area contributed by atoms with Gasteiger partial charge in [-0.15, -0.1) is 0 Å². The Kier molecular flexibility index (Phi) is 6.22. The minimum atomic E-state index is -1.22. The van der Waals surface area contributed by atoms with Crippen LogP contribution in [0.5, 0.6) is 0 Å². The fraction of sp³-hybridized carbons (Fsp3) is 0.167. The van der Waals surface area contributed by atoms with Crippen molar-refractivity contribution in [3.05, 3.63) is 71.5 Å². The Hall–Kier alpha value is -3.22. The summed E-state index contributed by atoms with van der Waals surface area (Å²) in [4.78, 5) is 35.0. The number of nitrogens with one attached hydrogen (secondary N) is 2. The molecular formula is C18H17FN2O4. The summed E-state index contributed by atoms with van der Waals surface area (Å²) < 4.78 is 12.9. The summed E-state index contributed by atoms with van der Waals surface area (Å²) in [6.07, 6.45) is 0.00792. The lowest BCUT2D eigenvalue weighted by molar-refractivity contribution is -0.141. The molecule has 130 valence electrons. The third-order valence-electron chi connectivity index (χ3n) is 3.43. The van der Waals surface area contributed by atoms with Crippen LogP contribution in [0.2, 0.25) is 0 Å². The van der Waals surface area contributed by atoms with Crippen molar-refractivity contribution >= 4 is 17.8 Å². The third kappa shape index (κ3) is 5.72. The van der Waals surface area contributed by atoms with E-state index in [1.165, 1.54) is 24.3 Å². The zero-order valence-corrected chi connectivity index (χ0v) is 13.2. The van der Waals surface area contributed by atoms with E-state index in [0.29, 0.717) is 11.1 Å². The van der Waals surface area contributed by atoms with Crippen LogP contribution in [0.4, 0.5) is 4.39 Å². The van der Waals surface area contributed by atoms with Gasteiger partial charge in [0.1, 0.15) is 11.9 Å². The highest BCUT2D eigenvalue weighted by molar-refractivity contribution is 5.96. The topological polar surface area (TPSA) is 95.5 Å². The number of carbonyl (C=O) groups is 3. The summed E-state index contributed by atoms with van der Waals surface area (Å²) >= 11 is 0. The quantitative estimate of drug-likeness (QED) is 0.707. The third-order valence-corrected chi connectivity index (χ3v) is 3.43. The van der Waals surface area contributed by atoms with Gasteiger partial charge in [-0.25, -0.2) is 9.18 Å². The maximum atomic E-state index is 12.9. The van der Waals surface area contributed by atoms with Crippen LogP contribution in [0, 0.1) is 5.82 Å². The first-order chi connectivity index (χ1) is 12.0. The Morgan fingerprint density at radius 1 is 1.00 bits per heavy atom. The maximum absolute atomic E-state index is 12.9. The maximum Gasteiger partial charge on any atom is 0.326 e. The normalized spacial score (nSPS) is 11.4. The second kappa shape index (κ2) is 8.58. The van der Waals surface area contributed by atoms with E-state index in [4.69, 9.17) is 0 Å². The first-order valence-electron chi connectivity index (χ1n) is 7.55. The van der Waals surface area contributed by atoms with Crippen molar-refractivity contribution in [3.8, 4) is 0 Å².